The summed E-state index contributed by atoms with van der Waals surface area (Å²) < 4.78 is 37.4. The van der Waals surface area contributed by atoms with E-state index in [-0.39, 0.29) is 11.1 Å². The second kappa shape index (κ2) is 4.37. The van der Waals surface area contributed by atoms with E-state index in [2.05, 4.69) is 12.2 Å². The summed E-state index contributed by atoms with van der Waals surface area (Å²) in [6.07, 6.45) is -0.811. The number of nitrogens with one attached hydrogen (secondary N) is 1. The van der Waals surface area contributed by atoms with E-state index < -0.39 is 11.7 Å². The van der Waals surface area contributed by atoms with Gasteiger partial charge in [-0.15, -0.1) is 0 Å². The molecule has 0 unspecified atom stereocenters. The Morgan fingerprint density at radius 3 is 2.44 bits per heavy atom. The van der Waals surface area contributed by atoms with Gasteiger partial charge >= 0.3 is 6.18 Å². The van der Waals surface area contributed by atoms with Crippen LogP contribution < -0.4 is 11.1 Å². The van der Waals surface area contributed by atoms with Gasteiger partial charge in [-0.25, -0.2) is 0 Å². The minimum absolute atomic E-state index is 0.146. The van der Waals surface area contributed by atoms with Crippen LogP contribution in [0.15, 0.2) is 18.2 Å². The van der Waals surface area contributed by atoms with Crippen molar-refractivity contribution >= 4 is 11.4 Å². The molecule has 1 aliphatic carbocycles. The van der Waals surface area contributed by atoms with E-state index in [0.717, 1.165) is 31.5 Å². The van der Waals surface area contributed by atoms with Gasteiger partial charge in [0.2, 0.25) is 0 Å². The number of alkyl halides is 3. The molecule has 0 atom stereocenters. The molecule has 0 saturated heterocycles. The molecule has 18 heavy (non-hydrogen) atoms. The van der Waals surface area contributed by atoms with Crippen LogP contribution in [0.4, 0.5) is 24.5 Å². The van der Waals surface area contributed by atoms with Gasteiger partial charge in [0, 0.05) is 6.54 Å². The van der Waals surface area contributed by atoms with Crippen molar-refractivity contribution in [2.24, 2.45) is 5.41 Å². The Bertz CT molecular complexity index is 436. The Hall–Kier alpha value is -1.39. The molecule has 5 heteroatoms. The van der Waals surface area contributed by atoms with Crippen LogP contribution in [-0.4, -0.2) is 6.54 Å². The highest BCUT2D eigenvalue weighted by Gasteiger charge is 2.32. The van der Waals surface area contributed by atoms with Crippen molar-refractivity contribution in [2.75, 3.05) is 17.6 Å². The maximum Gasteiger partial charge on any atom is 0.416 e. The molecule has 1 aliphatic rings. The second-order valence-electron chi connectivity index (χ2n) is 5.32. The SMILES string of the molecule is CC1(CNc2ccc(C(F)(F)F)cc2N)CCC1. The van der Waals surface area contributed by atoms with Crippen LogP contribution in [0.3, 0.4) is 0 Å². The molecule has 1 fully saturated rings. The van der Waals surface area contributed by atoms with Gasteiger partial charge in [0.1, 0.15) is 0 Å². The molecule has 0 aromatic heterocycles. The van der Waals surface area contributed by atoms with Gasteiger partial charge in [0.15, 0.2) is 0 Å². The van der Waals surface area contributed by atoms with E-state index in [0.29, 0.717) is 5.69 Å². The van der Waals surface area contributed by atoms with E-state index in [9.17, 15) is 13.2 Å². The molecule has 0 bridgehead atoms. The first-order chi connectivity index (χ1) is 8.30. The predicted molar refractivity (Wildman–Crippen MR) is 66.3 cm³/mol. The lowest BCUT2D eigenvalue weighted by molar-refractivity contribution is -0.137. The van der Waals surface area contributed by atoms with Crippen molar-refractivity contribution < 1.29 is 13.2 Å². The summed E-state index contributed by atoms with van der Waals surface area (Å²) in [7, 11) is 0. The Labute approximate surface area is 104 Å². The smallest absolute Gasteiger partial charge is 0.397 e. The highest BCUT2D eigenvalue weighted by Crippen LogP contribution is 2.40. The lowest BCUT2D eigenvalue weighted by Gasteiger charge is -2.38. The molecular formula is C13H17F3N2. The molecule has 1 aromatic carbocycles. The molecule has 1 saturated carbocycles. The summed E-state index contributed by atoms with van der Waals surface area (Å²) in [5.41, 5.74) is 5.92. The van der Waals surface area contributed by atoms with Gasteiger partial charge in [-0.2, -0.15) is 13.2 Å². The number of nitrogens with two attached hydrogens (primary N) is 1. The van der Waals surface area contributed by atoms with Gasteiger partial charge in [0.05, 0.1) is 16.9 Å². The quantitative estimate of drug-likeness (QED) is 0.807. The molecule has 0 aliphatic heterocycles. The van der Waals surface area contributed by atoms with E-state index >= 15 is 0 Å². The summed E-state index contributed by atoms with van der Waals surface area (Å²) in [4.78, 5) is 0. The maximum absolute atomic E-state index is 12.5. The van der Waals surface area contributed by atoms with E-state index in [4.69, 9.17) is 5.73 Å². The topological polar surface area (TPSA) is 38.0 Å². The van der Waals surface area contributed by atoms with Crippen LogP contribution in [0.1, 0.15) is 31.7 Å². The molecule has 0 heterocycles. The Morgan fingerprint density at radius 2 is 2.00 bits per heavy atom. The fourth-order valence-corrected chi connectivity index (χ4v) is 2.17. The lowest BCUT2D eigenvalue weighted by atomic mass is 9.70. The fourth-order valence-electron chi connectivity index (χ4n) is 2.17. The summed E-state index contributed by atoms with van der Waals surface area (Å²) in [6.45, 7) is 2.92. The van der Waals surface area contributed by atoms with E-state index in [1.165, 1.54) is 12.5 Å². The summed E-state index contributed by atoms with van der Waals surface area (Å²) in [6, 6.07) is 3.44. The lowest BCUT2D eigenvalue weighted by Crippen LogP contribution is -2.33. The average molecular weight is 258 g/mol. The van der Waals surface area contributed by atoms with Gasteiger partial charge in [-0.1, -0.05) is 13.3 Å². The number of anilines is 2. The molecular weight excluding hydrogens is 241 g/mol. The zero-order valence-corrected chi connectivity index (χ0v) is 10.3. The first-order valence-corrected chi connectivity index (χ1v) is 6.01. The predicted octanol–water partition coefficient (Wildman–Crippen LogP) is 3.89. The molecule has 3 N–H and O–H groups in total. The largest absolute Gasteiger partial charge is 0.416 e. The third-order valence-corrected chi connectivity index (χ3v) is 3.65. The van der Waals surface area contributed by atoms with E-state index in [1.807, 2.05) is 0 Å². The van der Waals surface area contributed by atoms with Crippen molar-refractivity contribution in [1.82, 2.24) is 0 Å². The van der Waals surface area contributed by atoms with Gasteiger partial charge in [-0.3, -0.25) is 0 Å². The molecule has 2 rings (SSSR count). The van der Waals surface area contributed by atoms with Crippen LogP contribution in [0, 0.1) is 5.41 Å². The minimum Gasteiger partial charge on any atom is -0.397 e. The number of halogens is 3. The van der Waals surface area contributed by atoms with E-state index in [1.54, 1.807) is 0 Å². The highest BCUT2D eigenvalue weighted by molar-refractivity contribution is 5.67. The van der Waals surface area contributed by atoms with Crippen LogP contribution in [0.5, 0.6) is 0 Å². The molecule has 2 nitrogen and oxygen atoms in total. The standard InChI is InChI=1S/C13H17F3N2/c1-12(5-2-6-12)8-18-11-4-3-9(7-10(11)17)13(14,15)16/h3-4,7,18H,2,5-6,8,17H2,1H3. The monoisotopic (exact) mass is 258 g/mol. The summed E-state index contributed by atoms with van der Waals surface area (Å²) in [5.74, 6) is 0. The third-order valence-electron chi connectivity index (χ3n) is 3.65. The van der Waals surface area contributed by atoms with Crippen LogP contribution >= 0.6 is 0 Å². The van der Waals surface area contributed by atoms with Crippen LogP contribution in [0.25, 0.3) is 0 Å². The summed E-state index contributed by atoms with van der Waals surface area (Å²) in [5, 5.41) is 3.14. The summed E-state index contributed by atoms with van der Waals surface area (Å²) >= 11 is 0. The first kappa shape index (κ1) is 13.1. The zero-order valence-electron chi connectivity index (χ0n) is 10.3. The average Bonchev–Trinajstić information content (AvgIpc) is 2.23. The van der Waals surface area contributed by atoms with Gasteiger partial charge in [-0.05, 0) is 36.5 Å². The van der Waals surface area contributed by atoms with Gasteiger partial charge in [0.25, 0.3) is 0 Å². The first-order valence-electron chi connectivity index (χ1n) is 6.01. The highest BCUT2D eigenvalue weighted by atomic mass is 19.4. The van der Waals surface area contributed by atoms with Crippen molar-refractivity contribution in [3.63, 3.8) is 0 Å². The van der Waals surface area contributed by atoms with Gasteiger partial charge < -0.3 is 11.1 Å². The zero-order chi connectivity index (χ0) is 13.4. The molecule has 100 valence electrons. The second-order valence-corrected chi connectivity index (χ2v) is 5.32. The van der Waals surface area contributed by atoms with Crippen molar-refractivity contribution in [3.8, 4) is 0 Å². The Kier molecular flexibility index (Phi) is 3.17. The number of nitrogen functional groups attached to an aromatic ring is 1. The Morgan fingerprint density at radius 1 is 1.33 bits per heavy atom. The van der Waals surface area contributed by atoms with Crippen LogP contribution in [0.2, 0.25) is 0 Å². The Balaban J connectivity index is 2.06. The number of rotatable bonds is 3. The number of hydrogen-bond donors (Lipinski definition) is 2. The third kappa shape index (κ3) is 2.71. The fraction of sp³-hybridized carbons (Fsp3) is 0.538. The van der Waals surface area contributed by atoms with Crippen molar-refractivity contribution in [3.05, 3.63) is 23.8 Å². The molecule has 1 aromatic rings. The minimum atomic E-state index is -4.34. The van der Waals surface area contributed by atoms with Crippen molar-refractivity contribution in [1.29, 1.82) is 0 Å². The maximum atomic E-state index is 12.5. The molecule has 0 radical (unpaired) electrons. The van der Waals surface area contributed by atoms with Crippen LogP contribution in [-0.2, 0) is 6.18 Å². The normalized spacial score (nSPS) is 18.2. The number of benzene rings is 1. The van der Waals surface area contributed by atoms with Crippen molar-refractivity contribution in [2.45, 2.75) is 32.4 Å². The molecule has 0 spiro atoms. The molecule has 0 amide bonds. The number of hydrogen-bond acceptors (Lipinski definition) is 2.